The molecule has 132 valence electrons. The number of nitrogens with zero attached hydrogens (tertiary/aromatic N) is 3. The average molecular weight is 368 g/mol. The fraction of sp³-hybridized carbons (Fsp3) is 0.200. The minimum absolute atomic E-state index is 0.0402. The van der Waals surface area contributed by atoms with Gasteiger partial charge in [0.15, 0.2) is 0 Å². The number of halogens is 1. The molecule has 0 unspecified atom stereocenters. The first-order chi connectivity index (χ1) is 12.6. The largest absolute Gasteiger partial charge is 0.497 e. The van der Waals surface area contributed by atoms with Gasteiger partial charge in [0.05, 0.1) is 19.0 Å². The molecule has 0 spiro atoms. The summed E-state index contributed by atoms with van der Waals surface area (Å²) in [4.78, 5) is 17.6. The van der Waals surface area contributed by atoms with Gasteiger partial charge in [-0.3, -0.25) is 9.36 Å². The second-order valence-electron chi connectivity index (χ2n) is 6.26. The van der Waals surface area contributed by atoms with Gasteiger partial charge in [-0.25, -0.2) is 4.98 Å². The van der Waals surface area contributed by atoms with Crippen molar-refractivity contribution in [1.82, 2.24) is 14.1 Å². The lowest BCUT2D eigenvalue weighted by atomic mass is 10.1. The second kappa shape index (κ2) is 6.50. The smallest absolute Gasteiger partial charge is 0.277 e. The number of rotatable bonds is 4. The lowest BCUT2D eigenvalue weighted by molar-refractivity contribution is 0.415. The van der Waals surface area contributed by atoms with Gasteiger partial charge in [0.25, 0.3) is 5.56 Å². The molecule has 0 aliphatic heterocycles. The summed E-state index contributed by atoms with van der Waals surface area (Å²) in [6.45, 7) is 0.564. The van der Waals surface area contributed by atoms with Gasteiger partial charge in [0.1, 0.15) is 16.8 Å². The van der Waals surface area contributed by atoms with E-state index in [0.717, 1.165) is 28.6 Å². The molecule has 0 atom stereocenters. The molecule has 0 aliphatic rings. The summed E-state index contributed by atoms with van der Waals surface area (Å²) in [7, 11) is 3.52. The van der Waals surface area contributed by atoms with E-state index in [1.165, 1.54) is 0 Å². The van der Waals surface area contributed by atoms with Crippen LogP contribution in [0.25, 0.3) is 21.9 Å². The van der Waals surface area contributed by atoms with Gasteiger partial charge >= 0.3 is 0 Å². The summed E-state index contributed by atoms with van der Waals surface area (Å²) in [5.74, 6) is 0.749. The molecule has 0 saturated heterocycles. The van der Waals surface area contributed by atoms with Gasteiger partial charge in [0, 0.05) is 24.0 Å². The summed E-state index contributed by atoms with van der Waals surface area (Å²) in [6.07, 6.45) is 2.36. The maximum atomic E-state index is 13.0. The number of ether oxygens (including phenoxy) is 1. The third kappa shape index (κ3) is 2.74. The standard InChI is InChI=1S/C20H18ClN3O2/c1-23-17-8-7-15(26-2)11-16(17)18-19(23)20(25)24(12-22-18)10-9-13-3-5-14(21)6-4-13/h3-8,11-12H,9-10H2,1-2H3. The van der Waals surface area contributed by atoms with E-state index in [-0.39, 0.29) is 5.56 Å². The van der Waals surface area contributed by atoms with Crippen molar-refractivity contribution in [2.75, 3.05) is 7.11 Å². The van der Waals surface area contributed by atoms with Crippen molar-refractivity contribution in [2.45, 2.75) is 13.0 Å². The molecular formula is C20H18ClN3O2. The van der Waals surface area contributed by atoms with E-state index >= 15 is 0 Å². The van der Waals surface area contributed by atoms with Crippen molar-refractivity contribution in [2.24, 2.45) is 7.05 Å². The van der Waals surface area contributed by atoms with E-state index in [1.807, 2.05) is 54.1 Å². The number of hydrogen-bond acceptors (Lipinski definition) is 3. The highest BCUT2D eigenvalue weighted by Crippen LogP contribution is 2.27. The van der Waals surface area contributed by atoms with Gasteiger partial charge in [-0.2, -0.15) is 0 Å². The average Bonchev–Trinajstić information content (AvgIpc) is 2.95. The molecule has 2 aromatic heterocycles. The zero-order valence-electron chi connectivity index (χ0n) is 14.6. The van der Waals surface area contributed by atoms with Crippen LogP contribution in [0.3, 0.4) is 0 Å². The predicted molar refractivity (Wildman–Crippen MR) is 104 cm³/mol. The molecule has 0 N–H and O–H groups in total. The molecule has 0 amide bonds. The Morgan fingerprint density at radius 3 is 2.65 bits per heavy atom. The van der Waals surface area contributed by atoms with Crippen LogP contribution < -0.4 is 10.3 Å². The molecule has 0 bridgehead atoms. The predicted octanol–water partition coefficient (Wildman–Crippen LogP) is 3.79. The van der Waals surface area contributed by atoms with Crippen molar-refractivity contribution >= 4 is 33.5 Å². The summed E-state index contributed by atoms with van der Waals surface area (Å²) < 4.78 is 8.86. The van der Waals surface area contributed by atoms with Crippen molar-refractivity contribution < 1.29 is 4.74 Å². The number of benzene rings is 2. The van der Waals surface area contributed by atoms with E-state index in [2.05, 4.69) is 4.98 Å². The fourth-order valence-electron chi connectivity index (χ4n) is 3.28. The second-order valence-corrected chi connectivity index (χ2v) is 6.70. The van der Waals surface area contributed by atoms with Crippen molar-refractivity contribution in [3.63, 3.8) is 0 Å². The van der Waals surface area contributed by atoms with E-state index < -0.39 is 0 Å². The molecular weight excluding hydrogens is 350 g/mol. The molecule has 2 aromatic carbocycles. The van der Waals surface area contributed by atoms with Crippen LogP contribution in [0.1, 0.15) is 5.56 Å². The summed E-state index contributed by atoms with van der Waals surface area (Å²) in [5.41, 5.74) is 3.35. The Kier molecular flexibility index (Phi) is 4.17. The molecule has 0 fully saturated rings. The Labute approximate surface area is 155 Å². The SMILES string of the molecule is COc1ccc2c(c1)c1ncn(CCc3ccc(Cl)cc3)c(=O)c1n2C. The van der Waals surface area contributed by atoms with Crippen LogP contribution >= 0.6 is 11.6 Å². The molecule has 0 radical (unpaired) electrons. The Morgan fingerprint density at radius 1 is 1.15 bits per heavy atom. The van der Waals surface area contributed by atoms with Gasteiger partial charge in [-0.1, -0.05) is 23.7 Å². The zero-order valence-corrected chi connectivity index (χ0v) is 15.3. The highest BCUT2D eigenvalue weighted by atomic mass is 35.5. The Hall–Kier alpha value is -2.79. The van der Waals surface area contributed by atoms with Crippen molar-refractivity contribution in [1.29, 1.82) is 0 Å². The molecule has 4 rings (SSSR count). The molecule has 26 heavy (non-hydrogen) atoms. The van der Waals surface area contributed by atoms with E-state index in [0.29, 0.717) is 22.6 Å². The Morgan fingerprint density at radius 2 is 1.92 bits per heavy atom. The highest BCUT2D eigenvalue weighted by molar-refractivity contribution is 6.30. The summed E-state index contributed by atoms with van der Waals surface area (Å²) in [5, 5.41) is 1.63. The van der Waals surface area contributed by atoms with Crippen LogP contribution in [0.15, 0.2) is 53.6 Å². The normalized spacial score (nSPS) is 11.3. The highest BCUT2D eigenvalue weighted by Gasteiger charge is 2.15. The minimum atomic E-state index is -0.0402. The monoisotopic (exact) mass is 367 g/mol. The van der Waals surface area contributed by atoms with Crippen LogP contribution in [0.4, 0.5) is 0 Å². The fourth-order valence-corrected chi connectivity index (χ4v) is 3.41. The van der Waals surface area contributed by atoms with Crippen molar-refractivity contribution in [3.05, 3.63) is 69.7 Å². The Balaban J connectivity index is 1.77. The maximum absolute atomic E-state index is 13.0. The van der Waals surface area contributed by atoms with Crippen LogP contribution in [-0.4, -0.2) is 21.2 Å². The van der Waals surface area contributed by atoms with Gasteiger partial charge in [0.2, 0.25) is 0 Å². The van der Waals surface area contributed by atoms with Gasteiger partial charge < -0.3 is 9.30 Å². The summed E-state index contributed by atoms with van der Waals surface area (Å²) >= 11 is 5.92. The van der Waals surface area contributed by atoms with E-state index in [1.54, 1.807) is 18.0 Å². The Bertz CT molecular complexity index is 1160. The van der Waals surface area contributed by atoms with Crippen LogP contribution in [-0.2, 0) is 20.0 Å². The first kappa shape index (κ1) is 16.7. The first-order valence-corrected chi connectivity index (χ1v) is 8.72. The van der Waals surface area contributed by atoms with Crippen molar-refractivity contribution in [3.8, 4) is 5.75 Å². The number of fused-ring (bicyclic) bond motifs is 3. The molecule has 5 nitrogen and oxygen atoms in total. The number of aryl methyl sites for hydroxylation is 3. The quantitative estimate of drug-likeness (QED) is 0.551. The van der Waals surface area contributed by atoms with Crippen LogP contribution in [0.5, 0.6) is 5.75 Å². The van der Waals surface area contributed by atoms with Gasteiger partial charge in [-0.05, 0) is 42.3 Å². The molecule has 0 saturated carbocycles. The molecule has 2 heterocycles. The number of hydrogen-bond donors (Lipinski definition) is 0. The lowest BCUT2D eigenvalue weighted by Gasteiger charge is -2.06. The third-order valence-electron chi connectivity index (χ3n) is 4.72. The summed E-state index contributed by atoms with van der Waals surface area (Å²) in [6, 6.07) is 13.4. The molecule has 4 aromatic rings. The molecule has 0 aliphatic carbocycles. The van der Waals surface area contributed by atoms with Crippen LogP contribution in [0, 0.1) is 0 Å². The zero-order chi connectivity index (χ0) is 18.3. The van der Waals surface area contributed by atoms with Crippen LogP contribution in [0.2, 0.25) is 5.02 Å². The molecule has 6 heteroatoms. The third-order valence-corrected chi connectivity index (χ3v) is 4.98. The van der Waals surface area contributed by atoms with Gasteiger partial charge in [-0.15, -0.1) is 0 Å². The topological polar surface area (TPSA) is 49.1 Å². The number of methoxy groups -OCH3 is 1. The number of aromatic nitrogens is 3. The maximum Gasteiger partial charge on any atom is 0.277 e. The lowest BCUT2D eigenvalue weighted by Crippen LogP contribution is -2.22. The minimum Gasteiger partial charge on any atom is -0.497 e. The van der Waals surface area contributed by atoms with E-state index in [4.69, 9.17) is 16.3 Å². The van der Waals surface area contributed by atoms with E-state index in [9.17, 15) is 4.79 Å². The first-order valence-electron chi connectivity index (χ1n) is 8.34.